The summed E-state index contributed by atoms with van der Waals surface area (Å²) in [4.78, 5) is 7.63. The van der Waals surface area contributed by atoms with Gasteiger partial charge >= 0.3 is 6.18 Å². The molecule has 0 amide bonds. The zero-order valence-electron chi connectivity index (χ0n) is 10.1. The number of hydrogen-bond acceptors (Lipinski definition) is 3. The van der Waals surface area contributed by atoms with Gasteiger partial charge in [-0.3, -0.25) is 0 Å². The van der Waals surface area contributed by atoms with Crippen LogP contribution >= 0.6 is 0 Å². The molecule has 17 heavy (non-hydrogen) atoms. The Hall–Kier alpha value is -1.30. The van der Waals surface area contributed by atoms with Crippen molar-refractivity contribution in [1.29, 1.82) is 0 Å². The third-order valence-electron chi connectivity index (χ3n) is 2.35. The number of nitrogens with zero attached hydrogens (tertiary/aromatic N) is 3. The standard InChI is InChI=1S/C11H16F3N3/c1-16(2)6-7-17(3)10-5-4-9(8-15-10)11(12,13)14/h4-5,8H,6-7H2,1-3H3. The van der Waals surface area contributed by atoms with Gasteiger partial charge < -0.3 is 9.80 Å². The molecule has 1 heterocycles. The van der Waals surface area contributed by atoms with E-state index in [0.717, 1.165) is 18.8 Å². The zero-order valence-corrected chi connectivity index (χ0v) is 10.1. The van der Waals surface area contributed by atoms with Gasteiger partial charge in [-0.2, -0.15) is 13.2 Å². The summed E-state index contributed by atoms with van der Waals surface area (Å²) >= 11 is 0. The van der Waals surface area contributed by atoms with Gasteiger partial charge in [-0.15, -0.1) is 0 Å². The summed E-state index contributed by atoms with van der Waals surface area (Å²) < 4.78 is 36.9. The van der Waals surface area contributed by atoms with Crippen LogP contribution in [0.5, 0.6) is 0 Å². The van der Waals surface area contributed by atoms with Gasteiger partial charge in [0, 0.05) is 26.3 Å². The van der Waals surface area contributed by atoms with Crippen molar-refractivity contribution in [1.82, 2.24) is 9.88 Å². The fourth-order valence-electron chi connectivity index (χ4n) is 1.24. The molecule has 0 atom stereocenters. The number of pyridine rings is 1. The van der Waals surface area contributed by atoms with Gasteiger partial charge in [-0.05, 0) is 26.2 Å². The summed E-state index contributed by atoms with van der Waals surface area (Å²) in [6.45, 7) is 1.53. The van der Waals surface area contributed by atoms with E-state index in [4.69, 9.17) is 0 Å². The van der Waals surface area contributed by atoms with Crippen molar-refractivity contribution in [2.24, 2.45) is 0 Å². The summed E-state index contributed by atoms with van der Waals surface area (Å²) in [5.74, 6) is 0.542. The topological polar surface area (TPSA) is 19.4 Å². The van der Waals surface area contributed by atoms with E-state index in [1.54, 1.807) is 7.05 Å². The number of aromatic nitrogens is 1. The maximum Gasteiger partial charge on any atom is 0.417 e. The molecule has 0 unspecified atom stereocenters. The van der Waals surface area contributed by atoms with Crippen molar-refractivity contribution >= 4 is 5.82 Å². The maximum absolute atomic E-state index is 12.3. The lowest BCUT2D eigenvalue weighted by molar-refractivity contribution is -0.137. The molecule has 0 aromatic carbocycles. The van der Waals surface area contributed by atoms with Crippen molar-refractivity contribution in [2.45, 2.75) is 6.18 Å². The molecule has 0 bridgehead atoms. The summed E-state index contributed by atoms with van der Waals surface area (Å²) in [6, 6.07) is 2.44. The monoisotopic (exact) mass is 247 g/mol. The Bertz CT molecular complexity index is 346. The van der Waals surface area contributed by atoms with Gasteiger partial charge in [0.25, 0.3) is 0 Å². The average Bonchev–Trinajstić information content (AvgIpc) is 2.25. The number of likely N-dealkylation sites (N-methyl/N-ethyl adjacent to an activating group) is 2. The lowest BCUT2D eigenvalue weighted by Gasteiger charge is -2.20. The van der Waals surface area contributed by atoms with Gasteiger partial charge in [0.2, 0.25) is 0 Å². The van der Waals surface area contributed by atoms with Gasteiger partial charge in [0.15, 0.2) is 0 Å². The zero-order chi connectivity index (χ0) is 13.1. The lowest BCUT2D eigenvalue weighted by atomic mass is 10.2. The molecular formula is C11H16F3N3. The Morgan fingerprint density at radius 3 is 2.18 bits per heavy atom. The van der Waals surface area contributed by atoms with Gasteiger partial charge in [-0.25, -0.2) is 4.98 Å². The molecule has 0 spiro atoms. The third kappa shape index (κ3) is 4.22. The highest BCUT2D eigenvalue weighted by molar-refractivity contribution is 5.38. The van der Waals surface area contributed by atoms with E-state index >= 15 is 0 Å². The quantitative estimate of drug-likeness (QED) is 0.812. The average molecular weight is 247 g/mol. The first-order chi connectivity index (χ1) is 7.80. The van der Waals surface area contributed by atoms with E-state index in [1.807, 2.05) is 23.9 Å². The molecule has 0 fully saturated rings. The smallest absolute Gasteiger partial charge is 0.358 e. The fourth-order valence-corrected chi connectivity index (χ4v) is 1.24. The second kappa shape index (κ2) is 5.35. The Morgan fingerprint density at radius 2 is 1.76 bits per heavy atom. The lowest BCUT2D eigenvalue weighted by Crippen LogP contribution is -2.29. The van der Waals surface area contributed by atoms with E-state index in [2.05, 4.69) is 4.98 Å². The molecular weight excluding hydrogens is 231 g/mol. The summed E-state index contributed by atoms with van der Waals surface area (Å²) in [5.41, 5.74) is -0.720. The summed E-state index contributed by atoms with van der Waals surface area (Å²) in [7, 11) is 5.68. The first kappa shape index (κ1) is 13.8. The largest absolute Gasteiger partial charge is 0.417 e. The minimum absolute atomic E-state index is 0.542. The molecule has 6 heteroatoms. The maximum atomic E-state index is 12.3. The minimum Gasteiger partial charge on any atom is -0.358 e. The van der Waals surface area contributed by atoms with Crippen molar-refractivity contribution in [3.05, 3.63) is 23.9 Å². The van der Waals surface area contributed by atoms with Gasteiger partial charge in [-0.1, -0.05) is 0 Å². The molecule has 0 saturated carbocycles. The van der Waals surface area contributed by atoms with Crippen LogP contribution in [-0.2, 0) is 6.18 Å². The first-order valence-electron chi connectivity index (χ1n) is 5.20. The van der Waals surface area contributed by atoms with Gasteiger partial charge in [0.05, 0.1) is 5.56 Å². The Balaban J connectivity index is 2.67. The van der Waals surface area contributed by atoms with Crippen LogP contribution in [0, 0.1) is 0 Å². The van der Waals surface area contributed by atoms with Crippen LogP contribution in [0.25, 0.3) is 0 Å². The van der Waals surface area contributed by atoms with E-state index in [9.17, 15) is 13.2 Å². The van der Waals surface area contributed by atoms with Crippen molar-refractivity contribution in [3.8, 4) is 0 Å². The highest BCUT2D eigenvalue weighted by atomic mass is 19.4. The van der Waals surface area contributed by atoms with E-state index in [-0.39, 0.29) is 0 Å². The molecule has 1 aromatic heterocycles. The van der Waals surface area contributed by atoms with Crippen LogP contribution in [-0.4, -0.2) is 44.1 Å². The molecule has 0 aliphatic heterocycles. The van der Waals surface area contributed by atoms with Crippen LogP contribution in [0.15, 0.2) is 18.3 Å². The Labute approximate surface area is 98.9 Å². The summed E-state index contributed by atoms with van der Waals surface area (Å²) in [6.07, 6.45) is -3.46. The number of anilines is 1. The van der Waals surface area contributed by atoms with Crippen molar-refractivity contribution in [3.63, 3.8) is 0 Å². The minimum atomic E-state index is -4.33. The Kier molecular flexibility index (Phi) is 4.34. The third-order valence-corrected chi connectivity index (χ3v) is 2.35. The molecule has 0 aliphatic carbocycles. The predicted octanol–water partition coefficient (Wildman–Crippen LogP) is 2.10. The van der Waals surface area contributed by atoms with Crippen molar-refractivity contribution < 1.29 is 13.2 Å². The first-order valence-corrected chi connectivity index (χ1v) is 5.20. The SMILES string of the molecule is CN(C)CCN(C)c1ccc(C(F)(F)F)cn1. The molecule has 0 N–H and O–H groups in total. The van der Waals surface area contributed by atoms with Crippen LogP contribution in [0.3, 0.4) is 0 Å². The number of alkyl halides is 3. The molecule has 3 nitrogen and oxygen atoms in total. The van der Waals surface area contributed by atoms with E-state index in [0.29, 0.717) is 12.4 Å². The van der Waals surface area contributed by atoms with Crippen LogP contribution < -0.4 is 4.90 Å². The predicted molar refractivity (Wildman–Crippen MR) is 61.1 cm³/mol. The van der Waals surface area contributed by atoms with Crippen molar-refractivity contribution in [2.75, 3.05) is 39.1 Å². The number of hydrogen-bond donors (Lipinski definition) is 0. The summed E-state index contributed by atoms with van der Waals surface area (Å²) in [5, 5.41) is 0. The molecule has 0 radical (unpaired) electrons. The highest BCUT2D eigenvalue weighted by Gasteiger charge is 2.30. The molecule has 0 aliphatic rings. The van der Waals surface area contributed by atoms with E-state index < -0.39 is 11.7 Å². The normalized spacial score (nSPS) is 11.9. The molecule has 1 aromatic rings. The Morgan fingerprint density at radius 1 is 1.12 bits per heavy atom. The second-order valence-electron chi connectivity index (χ2n) is 4.13. The number of halogens is 3. The van der Waals surface area contributed by atoms with Gasteiger partial charge in [0.1, 0.15) is 5.82 Å². The van der Waals surface area contributed by atoms with Crippen LogP contribution in [0.4, 0.5) is 19.0 Å². The second-order valence-corrected chi connectivity index (χ2v) is 4.13. The van der Waals surface area contributed by atoms with Crippen LogP contribution in [0.2, 0.25) is 0 Å². The van der Waals surface area contributed by atoms with Crippen LogP contribution in [0.1, 0.15) is 5.56 Å². The highest BCUT2D eigenvalue weighted by Crippen LogP contribution is 2.29. The fraction of sp³-hybridized carbons (Fsp3) is 0.545. The molecule has 0 saturated heterocycles. The van der Waals surface area contributed by atoms with E-state index in [1.165, 1.54) is 6.07 Å². The molecule has 1 rings (SSSR count). The molecule has 96 valence electrons. The number of rotatable bonds is 4.